The van der Waals surface area contributed by atoms with Gasteiger partial charge in [-0.15, -0.1) is 10.2 Å². The number of urea groups is 1. The normalized spacial score (nSPS) is 12.2. The van der Waals surface area contributed by atoms with Gasteiger partial charge in [-0.2, -0.15) is 0 Å². The molecule has 0 spiro atoms. The van der Waals surface area contributed by atoms with Crippen LogP contribution >= 0.6 is 11.3 Å². The molecule has 2 amide bonds. The topological polar surface area (TPSA) is 79.8 Å². The summed E-state index contributed by atoms with van der Waals surface area (Å²) in [7, 11) is 0. The Balaban J connectivity index is 1.92. The number of rotatable bonds is 4. The van der Waals surface area contributed by atoms with Crippen molar-refractivity contribution in [3.05, 3.63) is 35.1 Å². The molecule has 0 aliphatic heterocycles. The molecule has 0 saturated carbocycles. The molecule has 7 heteroatoms. The lowest BCUT2D eigenvalue weighted by Gasteiger charge is -2.13. The van der Waals surface area contributed by atoms with E-state index in [2.05, 4.69) is 25.8 Å². The summed E-state index contributed by atoms with van der Waals surface area (Å²) in [4.78, 5) is 15.8. The van der Waals surface area contributed by atoms with Gasteiger partial charge in [0.2, 0.25) is 5.13 Å². The minimum Gasteiger partial charge on any atom is -0.331 e. The van der Waals surface area contributed by atoms with E-state index in [1.807, 2.05) is 32.9 Å². The smallest absolute Gasteiger partial charge is 0.321 e. The molecule has 0 fully saturated rings. The van der Waals surface area contributed by atoms with Crippen molar-refractivity contribution in [1.82, 2.24) is 20.5 Å². The second kappa shape index (κ2) is 6.42. The van der Waals surface area contributed by atoms with Crippen molar-refractivity contribution in [3.8, 4) is 0 Å². The van der Waals surface area contributed by atoms with Gasteiger partial charge in [0.25, 0.3) is 0 Å². The molecule has 2 heterocycles. The highest BCUT2D eigenvalue weighted by Gasteiger charge is 2.12. The summed E-state index contributed by atoms with van der Waals surface area (Å²) in [5, 5.41) is 14.9. The fourth-order valence-electron chi connectivity index (χ4n) is 1.58. The number of hydrogen-bond acceptors (Lipinski definition) is 5. The van der Waals surface area contributed by atoms with Crippen molar-refractivity contribution < 1.29 is 4.79 Å². The number of nitrogens with zero attached hydrogens (tertiary/aromatic N) is 3. The second-order valence-corrected chi connectivity index (χ2v) is 5.71. The van der Waals surface area contributed by atoms with Gasteiger partial charge in [0.1, 0.15) is 5.01 Å². The summed E-state index contributed by atoms with van der Waals surface area (Å²) in [6, 6.07) is 3.34. The van der Waals surface area contributed by atoms with Crippen molar-refractivity contribution in [2.75, 3.05) is 5.32 Å². The van der Waals surface area contributed by atoms with Crippen molar-refractivity contribution in [2.45, 2.75) is 32.7 Å². The van der Waals surface area contributed by atoms with E-state index < -0.39 is 0 Å². The average molecular weight is 291 g/mol. The minimum absolute atomic E-state index is 0.101. The number of anilines is 1. The number of carbonyl (C=O) groups excluding carboxylic acids is 1. The summed E-state index contributed by atoms with van der Waals surface area (Å²) < 4.78 is 0. The molecule has 1 atom stereocenters. The number of nitrogens with one attached hydrogen (secondary N) is 2. The molecule has 20 heavy (non-hydrogen) atoms. The first-order valence-corrected chi connectivity index (χ1v) is 7.18. The second-order valence-electron chi connectivity index (χ2n) is 4.70. The van der Waals surface area contributed by atoms with Gasteiger partial charge in [0, 0.05) is 18.3 Å². The largest absolute Gasteiger partial charge is 0.331 e. The Morgan fingerprint density at radius 2 is 1.90 bits per heavy atom. The molecule has 2 rings (SSSR count). The molecule has 2 aromatic heterocycles. The van der Waals surface area contributed by atoms with Crippen LogP contribution in [0.5, 0.6) is 0 Å². The summed E-state index contributed by atoms with van der Waals surface area (Å²) in [5.74, 6) is 0.307. The maximum Gasteiger partial charge on any atom is 0.321 e. The highest BCUT2D eigenvalue weighted by atomic mass is 32.1. The third-order valence-electron chi connectivity index (χ3n) is 2.71. The van der Waals surface area contributed by atoms with Crippen LogP contribution in [-0.2, 0) is 0 Å². The minimum atomic E-state index is -0.291. The van der Waals surface area contributed by atoms with Gasteiger partial charge in [-0.25, -0.2) is 4.79 Å². The van der Waals surface area contributed by atoms with Crippen LogP contribution in [0.15, 0.2) is 24.5 Å². The van der Waals surface area contributed by atoms with E-state index in [1.54, 1.807) is 12.4 Å². The monoisotopic (exact) mass is 291 g/mol. The SMILES string of the molecule is CC(C)c1nnc(NC(=O)N[C@@H](C)c2ccncc2)s1. The van der Waals surface area contributed by atoms with E-state index in [0.29, 0.717) is 11.0 Å². The third kappa shape index (κ3) is 3.74. The lowest BCUT2D eigenvalue weighted by atomic mass is 10.1. The van der Waals surface area contributed by atoms with E-state index in [0.717, 1.165) is 10.6 Å². The van der Waals surface area contributed by atoms with Crippen LogP contribution in [0.25, 0.3) is 0 Å². The van der Waals surface area contributed by atoms with E-state index in [9.17, 15) is 4.79 Å². The number of pyridine rings is 1. The Morgan fingerprint density at radius 3 is 2.50 bits per heavy atom. The molecule has 0 unspecified atom stereocenters. The number of hydrogen-bond donors (Lipinski definition) is 2. The zero-order valence-corrected chi connectivity index (χ0v) is 12.4. The molecule has 0 aliphatic rings. The van der Waals surface area contributed by atoms with Gasteiger partial charge in [0.05, 0.1) is 6.04 Å². The molecule has 0 aliphatic carbocycles. The fraction of sp³-hybridized carbons (Fsp3) is 0.385. The predicted octanol–water partition coefficient (Wildman–Crippen LogP) is 2.94. The van der Waals surface area contributed by atoms with E-state index in [-0.39, 0.29) is 12.1 Å². The fourth-order valence-corrected chi connectivity index (χ4v) is 2.32. The van der Waals surface area contributed by atoms with Crippen LogP contribution in [0.1, 0.15) is 43.3 Å². The lowest BCUT2D eigenvalue weighted by molar-refractivity contribution is 0.249. The highest BCUT2D eigenvalue weighted by molar-refractivity contribution is 7.15. The quantitative estimate of drug-likeness (QED) is 0.907. The first-order chi connectivity index (χ1) is 9.56. The third-order valence-corrected chi connectivity index (χ3v) is 3.85. The molecule has 0 saturated heterocycles. The van der Waals surface area contributed by atoms with Crippen LogP contribution in [-0.4, -0.2) is 21.2 Å². The molecule has 2 aromatic rings. The lowest BCUT2D eigenvalue weighted by Crippen LogP contribution is -2.31. The highest BCUT2D eigenvalue weighted by Crippen LogP contribution is 2.22. The van der Waals surface area contributed by atoms with Crippen molar-refractivity contribution in [2.24, 2.45) is 0 Å². The standard InChI is InChI=1S/C13H17N5OS/c1-8(2)11-17-18-13(20-11)16-12(19)15-9(3)10-4-6-14-7-5-10/h4-9H,1-3H3,(H2,15,16,18,19)/t9-/m0/s1. The Kier molecular flexibility index (Phi) is 4.62. The van der Waals surface area contributed by atoms with Crippen LogP contribution < -0.4 is 10.6 Å². The molecule has 0 radical (unpaired) electrons. The van der Waals surface area contributed by atoms with Crippen LogP contribution in [0, 0.1) is 0 Å². The van der Waals surface area contributed by atoms with Crippen molar-refractivity contribution >= 4 is 22.5 Å². The predicted molar refractivity (Wildman–Crippen MR) is 78.8 cm³/mol. The average Bonchev–Trinajstić information content (AvgIpc) is 2.88. The summed E-state index contributed by atoms with van der Waals surface area (Å²) in [6.45, 7) is 5.99. The van der Waals surface area contributed by atoms with Gasteiger partial charge in [-0.3, -0.25) is 10.3 Å². The number of aromatic nitrogens is 3. The number of amides is 2. The maximum absolute atomic E-state index is 11.9. The Labute approximate surface area is 121 Å². The molecule has 2 N–H and O–H groups in total. The van der Waals surface area contributed by atoms with E-state index in [1.165, 1.54) is 11.3 Å². The van der Waals surface area contributed by atoms with Gasteiger partial charge >= 0.3 is 6.03 Å². The van der Waals surface area contributed by atoms with Crippen LogP contribution in [0.4, 0.5) is 9.93 Å². The summed E-state index contributed by atoms with van der Waals surface area (Å²) >= 11 is 1.39. The molecular weight excluding hydrogens is 274 g/mol. The molecular formula is C13H17N5OS. The molecule has 0 aromatic carbocycles. The first-order valence-electron chi connectivity index (χ1n) is 6.37. The molecule has 6 nitrogen and oxygen atoms in total. The van der Waals surface area contributed by atoms with E-state index in [4.69, 9.17) is 0 Å². The van der Waals surface area contributed by atoms with E-state index >= 15 is 0 Å². The van der Waals surface area contributed by atoms with Crippen molar-refractivity contribution in [1.29, 1.82) is 0 Å². The summed E-state index contributed by atoms with van der Waals surface area (Å²) in [6.07, 6.45) is 3.40. The van der Waals surface area contributed by atoms with Gasteiger partial charge < -0.3 is 5.32 Å². The summed E-state index contributed by atoms with van der Waals surface area (Å²) in [5.41, 5.74) is 0.996. The van der Waals surface area contributed by atoms with Crippen molar-refractivity contribution in [3.63, 3.8) is 0 Å². The number of carbonyl (C=O) groups is 1. The molecule has 0 bridgehead atoms. The van der Waals surface area contributed by atoms with Gasteiger partial charge in [-0.1, -0.05) is 25.2 Å². The Hall–Kier alpha value is -2.02. The zero-order chi connectivity index (χ0) is 14.5. The Bertz CT molecular complexity index is 569. The van der Waals surface area contributed by atoms with Gasteiger partial charge in [0.15, 0.2) is 0 Å². The first kappa shape index (κ1) is 14.4. The van der Waals surface area contributed by atoms with Crippen LogP contribution in [0.2, 0.25) is 0 Å². The molecule has 106 valence electrons. The van der Waals surface area contributed by atoms with Crippen LogP contribution in [0.3, 0.4) is 0 Å². The van der Waals surface area contributed by atoms with Gasteiger partial charge in [-0.05, 0) is 24.6 Å². The Morgan fingerprint density at radius 1 is 1.20 bits per heavy atom. The maximum atomic E-state index is 11.9. The zero-order valence-electron chi connectivity index (χ0n) is 11.6.